The van der Waals surface area contributed by atoms with Gasteiger partial charge in [0.15, 0.2) is 0 Å². The van der Waals surface area contributed by atoms with E-state index in [0.29, 0.717) is 0 Å². The Morgan fingerprint density at radius 2 is 2.20 bits per heavy atom. The lowest BCUT2D eigenvalue weighted by Gasteiger charge is -2.05. The van der Waals surface area contributed by atoms with Crippen molar-refractivity contribution in [3.63, 3.8) is 0 Å². The lowest BCUT2D eigenvalue weighted by atomic mass is 10.1. The molecule has 1 aromatic heterocycles. The lowest BCUT2D eigenvalue weighted by Crippen LogP contribution is -2.21. The molecule has 0 atom stereocenters. The average molecular weight is 282 g/mol. The van der Waals surface area contributed by atoms with Crippen LogP contribution in [-0.2, 0) is 5.33 Å². The van der Waals surface area contributed by atoms with Crippen molar-refractivity contribution in [2.24, 2.45) is 0 Å². The van der Waals surface area contributed by atoms with Crippen LogP contribution < -0.4 is 5.56 Å². The number of aromatic amines is 1. The average Bonchev–Trinajstić information content (AvgIpc) is 2.15. The van der Waals surface area contributed by atoms with Crippen LogP contribution in [0.3, 0.4) is 0 Å². The Balaban J connectivity index is 3.44. The number of aromatic carboxylic acids is 1. The molecule has 0 saturated heterocycles. The van der Waals surface area contributed by atoms with Crippen LogP contribution in [0.25, 0.3) is 0 Å². The molecule has 0 saturated carbocycles. The molecule has 0 aliphatic rings. The third-order valence-corrected chi connectivity index (χ3v) is 2.33. The molecule has 4 nitrogen and oxygen atoms in total. The molecule has 0 unspecified atom stereocenters. The van der Waals surface area contributed by atoms with Gasteiger partial charge in [-0.25, -0.2) is 13.6 Å². The van der Waals surface area contributed by atoms with Crippen molar-refractivity contribution >= 4 is 21.9 Å². The molecule has 0 aromatic carbocycles. The van der Waals surface area contributed by atoms with Gasteiger partial charge in [0.25, 0.3) is 12.0 Å². The van der Waals surface area contributed by atoms with Gasteiger partial charge >= 0.3 is 5.97 Å². The Morgan fingerprint density at radius 3 is 2.60 bits per heavy atom. The number of rotatable bonds is 3. The minimum Gasteiger partial charge on any atom is -0.477 e. The molecule has 0 radical (unpaired) electrons. The van der Waals surface area contributed by atoms with Crippen LogP contribution in [0.4, 0.5) is 8.78 Å². The molecule has 0 amide bonds. The Kier molecular flexibility index (Phi) is 3.57. The minimum absolute atomic E-state index is 0.0261. The van der Waals surface area contributed by atoms with E-state index >= 15 is 0 Å². The zero-order valence-electron chi connectivity index (χ0n) is 7.26. The smallest absolute Gasteiger partial charge is 0.341 e. The van der Waals surface area contributed by atoms with Gasteiger partial charge in [0.2, 0.25) is 0 Å². The maximum Gasteiger partial charge on any atom is 0.341 e. The summed E-state index contributed by atoms with van der Waals surface area (Å²) < 4.78 is 24.5. The highest BCUT2D eigenvalue weighted by Gasteiger charge is 2.18. The fraction of sp³-hybridized carbons (Fsp3) is 0.250. The fourth-order valence-electron chi connectivity index (χ4n) is 1.09. The van der Waals surface area contributed by atoms with Crippen LogP contribution in [0.1, 0.15) is 28.0 Å². The Labute approximate surface area is 91.1 Å². The first-order chi connectivity index (χ1) is 6.97. The molecule has 1 aromatic rings. The maximum absolute atomic E-state index is 12.3. The number of aromatic nitrogens is 1. The molecule has 0 fully saturated rings. The molecule has 1 rings (SSSR count). The minimum atomic E-state index is -2.83. The second kappa shape index (κ2) is 4.52. The van der Waals surface area contributed by atoms with Gasteiger partial charge in [-0.15, -0.1) is 0 Å². The summed E-state index contributed by atoms with van der Waals surface area (Å²) in [5.41, 5.74) is -2.09. The van der Waals surface area contributed by atoms with E-state index in [1.165, 1.54) is 0 Å². The van der Waals surface area contributed by atoms with Crippen LogP contribution >= 0.6 is 15.9 Å². The summed E-state index contributed by atoms with van der Waals surface area (Å²) in [5, 5.41) is 8.70. The number of hydrogen-bond donors (Lipinski definition) is 2. The van der Waals surface area contributed by atoms with E-state index in [2.05, 4.69) is 15.9 Å². The van der Waals surface area contributed by atoms with Gasteiger partial charge in [-0.05, 0) is 11.6 Å². The largest absolute Gasteiger partial charge is 0.477 e. The van der Waals surface area contributed by atoms with Gasteiger partial charge in [-0.1, -0.05) is 15.9 Å². The van der Waals surface area contributed by atoms with E-state index in [9.17, 15) is 18.4 Å². The monoisotopic (exact) mass is 281 g/mol. The molecule has 15 heavy (non-hydrogen) atoms. The van der Waals surface area contributed by atoms with Gasteiger partial charge in [0.05, 0.1) is 5.69 Å². The van der Waals surface area contributed by atoms with E-state index in [-0.39, 0.29) is 10.9 Å². The summed E-state index contributed by atoms with van der Waals surface area (Å²) in [5.74, 6) is -1.44. The Morgan fingerprint density at radius 1 is 1.60 bits per heavy atom. The number of carboxylic acid groups (broad SMARTS) is 1. The first-order valence-corrected chi connectivity index (χ1v) is 4.93. The number of hydrogen-bond acceptors (Lipinski definition) is 2. The van der Waals surface area contributed by atoms with Gasteiger partial charge < -0.3 is 10.1 Å². The molecule has 2 N–H and O–H groups in total. The summed E-state index contributed by atoms with van der Waals surface area (Å²) >= 11 is 2.93. The first-order valence-electron chi connectivity index (χ1n) is 3.81. The number of carboxylic acids is 1. The summed E-state index contributed by atoms with van der Waals surface area (Å²) in [6.45, 7) is 0. The van der Waals surface area contributed by atoms with Crippen molar-refractivity contribution < 1.29 is 18.7 Å². The zero-order chi connectivity index (χ0) is 11.6. The van der Waals surface area contributed by atoms with Crippen molar-refractivity contribution in [2.75, 3.05) is 0 Å². The highest BCUT2D eigenvalue weighted by molar-refractivity contribution is 9.08. The predicted molar refractivity (Wildman–Crippen MR) is 51.6 cm³/mol. The summed E-state index contributed by atoms with van der Waals surface area (Å²) in [6, 6.07) is 0.963. The number of pyridine rings is 1. The number of carbonyl (C=O) groups is 1. The normalized spacial score (nSPS) is 10.7. The van der Waals surface area contributed by atoms with Gasteiger partial charge in [-0.2, -0.15) is 0 Å². The number of alkyl halides is 3. The highest BCUT2D eigenvalue weighted by Crippen LogP contribution is 2.18. The van der Waals surface area contributed by atoms with Gasteiger partial charge in [-0.3, -0.25) is 4.79 Å². The fourth-order valence-corrected chi connectivity index (χ4v) is 1.54. The third-order valence-electron chi connectivity index (χ3n) is 1.73. The standard InChI is InChI=1S/C8H6BrF2NO3/c9-2-3-1-4(6(10)11)12-7(13)5(3)8(14)15/h1,6H,2H2,(H,12,13)(H,14,15). The second-order valence-electron chi connectivity index (χ2n) is 2.69. The summed E-state index contributed by atoms with van der Waals surface area (Å²) in [6.07, 6.45) is -2.83. The van der Waals surface area contributed by atoms with E-state index < -0.39 is 29.2 Å². The van der Waals surface area contributed by atoms with Crippen LogP contribution in [0.2, 0.25) is 0 Å². The molecular formula is C8H6BrF2NO3. The van der Waals surface area contributed by atoms with Crippen LogP contribution in [0, 0.1) is 0 Å². The first kappa shape index (κ1) is 11.8. The van der Waals surface area contributed by atoms with E-state index in [1.807, 2.05) is 4.98 Å². The number of H-pyrrole nitrogens is 1. The molecule has 1 heterocycles. The van der Waals surface area contributed by atoms with Crippen molar-refractivity contribution in [1.82, 2.24) is 4.98 Å². The van der Waals surface area contributed by atoms with Crippen LogP contribution in [-0.4, -0.2) is 16.1 Å². The SMILES string of the molecule is O=C(O)c1c(CBr)cc(C(F)F)[nH]c1=O. The van der Waals surface area contributed by atoms with Crippen LogP contribution in [0.5, 0.6) is 0 Å². The predicted octanol–water partition coefficient (Wildman–Crippen LogP) is 1.91. The van der Waals surface area contributed by atoms with Gasteiger partial charge in [0.1, 0.15) is 5.56 Å². The zero-order valence-corrected chi connectivity index (χ0v) is 8.85. The maximum atomic E-state index is 12.3. The van der Waals surface area contributed by atoms with Crippen molar-refractivity contribution in [1.29, 1.82) is 0 Å². The third kappa shape index (κ3) is 2.41. The molecule has 0 spiro atoms. The molecule has 0 bridgehead atoms. The van der Waals surface area contributed by atoms with Crippen molar-refractivity contribution in [3.05, 3.63) is 33.2 Å². The van der Waals surface area contributed by atoms with E-state index in [4.69, 9.17) is 5.11 Å². The van der Waals surface area contributed by atoms with Crippen LogP contribution in [0.15, 0.2) is 10.9 Å². The number of halogens is 3. The second-order valence-corrected chi connectivity index (χ2v) is 3.25. The summed E-state index contributed by atoms with van der Waals surface area (Å²) in [4.78, 5) is 23.7. The van der Waals surface area contributed by atoms with Crippen molar-refractivity contribution in [3.8, 4) is 0 Å². The Bertz CT molecular complexity index is 444. The van der Waals surface area contributed by atoms with Gasteiger partial charge in [0, 0.05) is 5.33 Å². The molecule has 0 aliphatic carbocycles. The number of nitrogens with one attached hydrogen (secondary N) is 1. The molecular weight excluding hydrogens is 276 g/mol. The Hall–Kier alpha value is -1.24. The lowest BCUT2D eigenvalue weighted by molar-refractivity contribution is 0.0693. The topological polar surface area (TPSA) is 70.2 Å². The van der Waals surface area contributed by atoms with Crippen molar-refractivity contribution in [2.45, 2.75) is 11.8 Å². The molecule has 0 aliphatic heterocycles. The van der Waals surface area contributed by atoms with E-state index in [1.54, 1.807) is 0 Å². The highest BCUT2D eigenvalue weighted by atomic mass is 79.9. The van der Waals surface area contributed by atoms with E-state index in [0.717, 1.165) is 6.07 Å². The molecule has 7 heteroatoms. The molecule has 82 valence electrons. The quantitative estimate of drug-likeness (QED) is 0.832. The summed E-state index contributed by atoms with van der Waals surface area (Å²) in [7, 11) is 0.